The van der Waals surface area contributed by atoms with E-state index < -0.39 is 5.97 Å². The minimum absolute atomic E-state index is 0.225. The lowest BCUT2D eigenvalue weighted by atomic mass is 10.2. The minimum Gasteiger partial charge on any atom is -0.481 e. The molecule has 0 saturated carbocycles. The van der Waals surface area contributed by atoms with E-state index in [-0.39, 0.29) is 5.91 Å². The van der Waals surface area contributed by atoms with Crippen molar-refractivity contribution in [3.63, 3.8) is 0 Å². The van der Waals surface area contributed by atoms with Crippen LogP contribution in [0.5, 0.6) is 0 Å². The predicted octanol–water partition coefficient (Wildman–Crippen LogP) is 2.33. The van der Waals surface area contributed by atoms with Crippen molar-refractivity contribution in [2.75, 3.05) is 6.54 Å². The first-order valence-corrected chi connectivity index (χ1v) is 6.15. The Morgan fingerprint density at radius 2 is 2.06 bits per heavy atom. The molecule has 0 spiro atoms. The number of unbranched alkanes of at least 4 members (excludes halogenated alkanes) is 2. The van der Waals surface area contributed by atoms with Crippen LogP contribution in [0.2, 0.25) is 0 Å². The van der Waals surface area contributed by atoms with Crippen molar-refractivity contribution < 1.29 is 14.7 Å². The van der Waals surface area contributed by atoms with Gasteiger partial charge in [0.05, 0.1) is 0 Å². The second kappa shape index (κ2) is 10.5. The Bertz CT molecular complexity index is 194. The average molecular weight is 229 g/mol. The van der Waals surface area contributed by atoms with Gasteiger partial charge in [-0.05, 0) is 19.3 Å². The number of carbonyl (C=O) groups is 2. The molecule has 4 nitrogen and oxygen atoms in total. The van der Waals surface area contributed by atoms with Crippen molar-refractivity contribution in [1.29, 1.82) is 0 Å². The molecule has 4 heteroatoms. The van der Waals surface area contributed by atoms with E-state index >= 15 is 0 Å². The van der Waals surface area contributed by atoms with Crippen LogP contribution in [0.1, 0.15) is 58.3 Å². The second-order valence-corrected chi connectivity index (χ2v) is 4.01. The summed E-state index contributed by atoms with van der Waals surface area (Å²) < 4.78 is 0. The smallest absolute Gasteiger partial charge is 0.303 e. The summed E-state index contributed by atoms with van der Waals surface area (Å²) in [5.74, 6) is -0.457. The van der Waals surface area contributed by atoms with E-state index in [0.717, 1.165) is 45.1 Å². The summed E-state index contributed by atoms with van der Waals surface area (Å²) >= 11 is 0. The first-order valence-electron chi connectivity index (χ1n) is 6.15. The number of hydrogen-bond acceptors (Lipinski definition) is 2. The van der Waals surface area contributed by atoms with E-state index in [0.29, 0.717) is 6.42 Å². The lowest BCUT2D eigenvalue weighted by Gasteiger charge is -1.93. The zero-order valence-electron chi connectivity index (χ0n) is 10.1. The van der Waals surface area contributed by atoms with Crippen LogP contribution in [0.15, 0.2) is 0 Å². The van der Waals surface area contributed by atoms with Gasteiger partial charge in [-0.1, -0.05) is 26.2 Å². The highest BCUT2D eigenvalue weighted by atomic mass is 16.4. The molecule has 0 aromatic heterocycles. The number of carboxylic acid groups (broad SMARTS) is 1. The van der Waals surface area contributed by atoms with Crippen molar-refractivity contribution in [2.24, 2.45) is 0 Å². The van der Waals surface area contributed by atoms with Gasteiger partial charge in [0.25, 0.3) is 0 Å². The minimum atomic E-state index is -0.682. The number of hydrogen-bond donors (Lipinski definition) is 2. The van der Waals surface area contributed by atoms with Crippen LogP contribution in [0, 0.1) is 0 Å². The Balaban J connectivity index is 0.000000281. The van der Waals surface area contributed by atoms with Crippen LogP contribution in [0.3, 0.4) is 0 Å². The maximum atomic E-state index is 10.6. The second-order valence-electron chi connectivity index (χ2n) is 4.01. The van der Waals surface area contributed by atoms with Crippen LogP contribution < -0.4 is 5.32 Å². The Hall–Kier alpha value is -1.06. The number of nitrogens with one attached hydrogen (secondary N) is 1. The summed E-state index contributed by atoms with van der Waals surface area (Å²) in [4.78, 5) is 20.4. The predicted molar refractivity (Wildman–Crippen MR) is 63.3 cm³/mol. The van der Waals surface area contributed by atoms with Gasteiger partial charge in [0.2, 0.25) is 5.91 Å². The highest BCUT2D eigenvalue weighted by molar-refractivity contribution is 5.75. The fraction of sp³-hybridized carbons (Fsp3) is 0.833. The molecule has 1 fully saturated rings. The summed E-state index contributed by atoms with van der Waals surface area (Å²) in [5, 5.41) is 10.9. The van der Waals surface area contributed by atoms with E-state index in [1.165, 1.54) is 6.42 Å². The molecule has 0 aliphatic carbocycles. The Labute approximate surface area is 97.4 Å². The number of carboxylic acids is 1. The molecule has 0 aromatic carbocycles. The maximum absolute atomic E-state index is 10.6. The van der Waals surface area contributed by atoms with Gasteiger partial charge in [-0.25, -0.2) is 0 Å². The summed E-state index contributed by atoms with van der Waals surface area (Å²) in [6.45, 7) is 2.95. The number of carbonyl (C=O) groups excluding carboxylic acids is 1. The molecule has 0 atom stereocenters. The Morgan fingerprint density at radius 1 is 1.31 bits per heavy atom. The monoisotopic (exact) mass is 229 g/mol. The molecule has 94 valence electrons. The van der Waals surface area contributed by atoms with Crippen LogP contribution in [-0.2, 0) is 9.59 Å². The summed E-state index contributed by atoms with van der Waals surface area (Å²) in [6, 6.07) is 0. The molecular formula is C12H23NO3. The van der Waals surface area contributed by atoms with Crippen LogP contribution in [-0.4, -0.2) is 23.5 Å². The molecule has 2 N–H and O–H groups in total. The van der Waals surface area contributed by atoms with E-state index in [4.69, 9.17) is 5.11 Å². The molecule has 0 bridgehead atoms. The van der Waals surface area contributed by atoms with Crippen molar-refractivity contribution in [3.05, 3.63) is 0 Å². The van der Waals surface area contributed by atoms with Gasteiger partial charge < -0.3 is 10.4 Å². The zero-order chi connectivity index (χ0) is 12.2. The quantitative estimate of drug-likeness (QED) is 0.727. The fourth-order valence-electron chi connectivity index (χ4n) is 1.43. The molecule has 16 heavy (non-hydrogen) atoms. The molecule has 0 unspecified atom stereocenters. The molecule has 1 saturated heterocycles. The molecule has 1 aliphatic heterocycles. The molecule has 0 aromatic rings. The van der Waals surface area contributed by atoms with Gasteiger partial charge in [0, 0.05) is 19.4 Å². The molecule has 0 radical (unpaired) electrons. The van der Waals surface area contributed by atoms with Gasteiger partial charge in [0.15, 0.2) is 0 Å². The number of amides is 1. The first-order chi connectivity index (χ1) is 7.66. The summed E-state index contributed by atoms with van der Waals surface area (Å²) in [6.07, 6.45) is 7.45. The third kappa shape index (κ3) is 11.0. The van der Waals surface area contributed by atoms with Gasteiger partial charge in [-0.15, -0.1) is 0 Å². The topological polar surface area (TPSA) is 66.4 Å². The largest absolute Gasteiger partial charge is 0.481 e. The highest BCUT2D eigenvalue weighted by Gasteiger charge is 2.03. The molecule has 1 heterocycles. The third-order valence-electron chi connectivity index (χ3n) is 2.40. The van der Waals surface area contributed by atoms with Gasteiger partial charge in [0.1, 0.15) is 0 Å². The Kier molecular flexibility index (Phi) is 9.76. The van der Waals surface area contributed by atoms with E-state index in [9.17, 15) is 9.59 Å². The molecule has 1 rings (SSSR count). The van der Waals surface area contributed by atoms with Crippen molar-refractivity contribution >= 4 is 11.9 Å². The number of aliphatic carboxylic acids is 1. The molecule has 1 aliphatic rings. The van der Waals surface area contributed by atoms with Crippen molar-refractivity contribution in [2.45, 2.75) is 58.3 Å². The van der Waals surface area contributed by atoms with E-state index in [1.807, 2.05) is 0 Å². The lowest BCUT2D eigenvalue weighted by Crippen LogP contribution is -2.21. The van der Waals surface area contributed by atoms with Crippen LogP contribution in [0.4, 0.5) is 0 Å². The van der Waals surface area contributed by atoms with Crippen LogP contribution >= 0.6 is 0 Å². The van der Waals surface area contributed by atoms with Crippen LogP contribution in [0.25, 0.3) is 0 Å². The maximum Gasteiger partial charge on any atom is 0.303 e. The SMILES string of the molecule is CCCCCC(=O)O.O=C1CCCCCN1. The van der Waals surface area contributed by atoms with E-state index in [2.05, 4.69) is 12.2 Å². The Morgan fingerprint density at radius 3 is 2.69 bits per heavy atom. The summed E-state index contributed by atoms with van der Waals surface area (Å²) in [7, 11) is 0. The first kappa shape index (κ1) is 14.9. The van der Waals surface area contributed by atoms with E-state index in [1.54, 1.807) is 0 Å². The number of rotatable bonds is 4. The normalized spacial score (nSPS) is 15.4. The molecular weight excluding hydrogens is 206 g/mol. The summed E-state index contributed by atoms with van der Waals surface area (Å²) in [5.41, 5.74) is 0. The zero-order valence-corrected chi connectivity index (χ0v) is 10.1. The van der Waals surface area contributed by atoms with Gasteiger partial charge in [-0.3, -0.25) is 9.59 Å². The standard InChI is InChI=1S/C6H11NO.C6H12O2/c8-6-4-2-1-3-5-7-6;1-2-3-4-5-6(7)8/h1-5H2,(H,7,8);2-5H2,1H3,(H,7,8). The van der Waals surface area contributed by atoms with Crippen molar-refractivity contribution in [3.8, 4) is 0 Å². The highest BCUT2D eigenvalue weighted by Crippen LogP contribution is 2.02. The third-order valence-corrected chi connectivity index (χ3v) is 2.40. The van der Waals surface area contributed by atoms with Crippen molar-refractivity contribution in [1.82, 2.24) is 5.32 Å². The fourth-order valence-corrected chi connectivity index (χ4v) is 1.43. The van der Waals surface area contributed by atoms with Gasteiger partial charge in [-0.2, -0.15) is 0 Å². The molecule has 1 amide bonds. The lowest BCUT2D eigenvalue weighted by molar-refractivity contribution is -0.137. The van der Waals surface area contributed by atoms with Gasteiger partial charge >= 0.3 is 5.97 Å². The average Bonchev–Trinajstić information content (AvgIpc) is 2.47.